The van der Waals surface area contributed by atoms with Gasteiger partial charge in [-0.25, -0.2) is 4.98 Å². The minimum atomic E-state index is -4.42. The van der Waals surface area contributed by atoms with Crippen LogP contribution in [0.5, 0.6) is 11.6 Å². The lowest BCUT2D eigenvalue weighted by molar-refractivity contribution is -0.137. The Morgan fingerprint density at radius 2 is 1.69 bits per heavy atom. The predicted molar refractivity (Wildman–Crippen MR) is 90.2 cm³/mol. The number of carbonyl (C=O) groups is 1. The number of hydrogen-bond donors (Lipinski definition) is 0. The topological polar surface area (TPSA) is 45.7 Å². The predicted octanol–water partition coefficient (Wildman–Crippen LogP) is 3.56. The fourth-order valence-corrected chi connectivity index (χ4v) is 2.73. The maximum Gasteiger partial charge on any atom is 0.417 e. The molecule has 1 saturated heterocycles. The van der Waals surface area contributed by atoms with Gasteiger partial charge in [-0.15, -0.1) is 0 Å². The van der Waals surface area contributed by atoms with E-state index in [0.29, 0.717) is 18.8 Å². The highest BCUT2D eigenvalue weighted by Gasteiger charge is 2.30. The highest BCUT2D eigenvalue weighted by atomic mass is 19.4. The monoisotopic (exact) mass is 365 g/mol. The number of amides is 1. The van der Waals surface area contributed by atoms with Gasteiger partial charge in [0.2, 0.25) is 11.8 Å². The van der Waals surface area contributed by atoms with Crippen LogP contribution in [-0.4, -0.2) is 42.0 Å². The van der Waals surface area contributed by atoms with Gasteiger partial charge in [-0.3, -0.25) is 4.79 Å². The van der Waals surface area contributed by atoms with E-state index in [4.69, 9.17) is 4.74 Å². The number of nitrogens with zero attached hydrogens (tertiary/aromatic N) is 3. The molecule has 3 rings (SSSR count). The van der Waals surface area contributed by atoms with Crippen molar-refractivity contribution < 1.29 is 22.7 Å². The Bertz CT molecular complexity index is 753. The molecular formula is C18H18F3N3O2. The molecule has 1 amide bonds. The van der Waals surface area contributed by atoms with E-state index in [0.717, 1.165) is 31.0 Å². The Labute approximate surface area is 149 Å². The maximum absolute atomic E-state index is 12.5. The van der Waals surface area contributed by atoms with E-state index < -0.39 is 11.7 Å². The number of piperazine rings is 1. The van der Waals surface area contributed by atoms with Gasteiger partial charge in [0, 0.05) is 51.1 Å². The van der Waals surface area contributed by atoms with E-state index >= 15 is 0 Å². The van der Waals surface area contributed by atoms with Crippen molar-refractivity contribution in [3.63, 3.8) is 0 Å². The average molecular weight is 365 g/mol. The molecule has 8 heteroatoms. The van der Waals surface area contributed by atoms with Gasteiger partial charge in [-0.2, -0.15) is 13.2 Å². The van der Waals surface area contributed by atoms with E-state index in [1.807, 2.05) is 17.0 Å². The third kappa shape index (κ3) is 4.25. The number of carbonyl (C=O) groups excluding carboxylic acids is 1. The van der Waals surface area contributed by atoms with Crippen LogP contribution in [0, 0.1) is 0 Å². The Balaban J connectivity index is 1.60. The molecule has 1 aliphatic rings. The molecule has 26 heavy (non-hydrogen) atoms. The van der Waals surface area contributed by atoms with Gasteiger partial charge >= 0.3 is 6.18 Å². The molecule has 2 heterocycles. The van der Waals surface area contributed by atoms with Crippen LogP contribution in [0.3, 0.4) is 0 Å². The van der Waals surface area contributed by atoms with Crippen molar-refractivity contribution in [3.05, 3.63) is 48.2 Å². The number of benzene rings is 1. The molecular weight excluding hydrogens is 347 g/mol. The Hall–Kier alpha value is -2.77. The van der Waals surface area contributed by atoms with Crippen LogP contribution >= 0.6 is 0 Å². The molecule has 0 aliphatic carbocycles. The summed E-state index contributed by atoms with van der Waals surface area (Å²) in [6.07, 6.45) is -3.67. The van der Waals surface area contributed by atoms with Crippen LogP contribution in [0.4, 0.5) is 18.9 Å². The van der Waals surface area contributed by atoms with Crippen molar-refractivity contribution in [3.8, 4) is 11.6 Å². The Morgan fingerprint density at radius 3 is 2.19 bits per heavy atom. The highest BCUT2D eigenvalue weighted by molar-refractivity contribution is 5.73. The molecule has 1 aromatic heterocycles. The van der Waals surface area contributed by atoms with Crippen molar-refractivity contribution in [1.29, 1.82) is 0 Å². The van der Waals surface area contributed by atoms with E-state index in [1.54, 1.807) is 19.1 Å². The Kier molecular flexibility index (Phi) is 5.01. The molecule has 0 spiro atoms. The van der Waals surface area contributed by atoms with Crippen molar-refractivity contribution in [1.82, 2.24) is 9.88 Å². The van der Waals surface area contributed by atoms with Gasteiger partial charge in [0.1, 0.15) is 5.75 Å². The van der Waals surface area contributed by atoms with Gasteiger partial charge < -0.3 is 14.5 Å². The van der Waals surface area contributed by atoms with Gasteiger partial charge in [-0.1, -0.05) is 0 Å². The summed E-state index contributed by atoms with van der Waals surface area (Å²) >= 11 is 0. The summed E-state index contributed by atoms with van der Waals surface area (Å²) in [5, 5.41) is 0. The number of hydrogen-bond acceptors (Lipinski definition) is 4. The first-order valence-electron chi connectivity index (χ1n) is 8.14. The van der Waals surface area contributed by atoms with Gasteiger partial charge in [0.15, 0.2) is 0 Å². The molecule has 0 atom stereocenters. The molecule has 1 aliphatic heterocycles. The number of halogens is 3. The van der Waals surface area contributed by atoms with Crippen molar-refractivity contribution in [2.75, 3.05) is 31.1 Å². The van der Waals surface area contributed by atoms with E-state index in [2.05, 4.69) is 9.88 Å². The largest absolute Gasteiger partial charge is 0.439 e. The van der Waals surface area contributed by atoms with Crippen molar-refractivity contribution in [2.45, 2.75) is 13.1 Å². The van der Waals surface area contributed by atoms with Crippen LogP contribution in [0.1, 0.15) is 12.5 Å². The number of pyridine rings is 1. The van der Waals surface area contributed by atoms with E-state index in [1.165, 1.54) is 6.07 Å². The fourth-order valence-electron chi connectivity index (χ4n) is 2.73. The van der Waals surface area contributed by atoms with Gasteiger partial charge in [-0.05, 0) is 30.3 Å². The minimum Gasteiger partial charge on any atom is -0.439 e. The van der Waals surface area contributed by atoms with Crippen LogP contribution in [0.2, 0.25) is 0 Å². The number of ether oxygens (including phenoxy) is 1. The molecule has 2 aromatic rings. The number of rotatable bonds is 3. The molecule has 0 radical (unpaired) electrons. The molecule has 138 valence electrons. The average Bonchev–Trinajstić information content (AvgIpc) is 2.62. The van der Waals surface area contributed by atoms with Crippen LogP contribution in [0.15, 0.2) is 42.6 Å². The van der Waals surface area contributed by atoms with E-state index in [9.17, 15) is 18.0 Å². The lowest BCUT2D eigenvalue weighted by Crippen LogP contribution is -2.48. The summed E-state index contributed by atoms with van der Waals surface area (Å²) < 4.78 is 43.1. The van der Waals surface area contributed by atoms with Crippen LogP contribution in [-0.2, 0) is 11.0 Å². The highest BCUT2D eigenvalue weighted by Crippen LogP contribution is 2.30. The molecule has 1 fully saturated rings. The summed E-state index contributed by atoms with van der Waals surface area (Å²) in [6.45, 7) is 4.43. The number of anilines is 1. The first-order valence-corrected chi connectivity index (χ1v) is 8.14. The molecule has 0 N–H and O–H groups in total. The second kappa shape index (κ2) is 7.23. The zero-order valence-corrected chi connectivity index (χ0v) is 14.2. The SMILES string of the molecule is CC(=O)N1CCN(c2ccc(Oc3ccc(C(F)(F)F)cn3)cc2)CC1. The lowest BCUT2D eigenvalue weighted by atomic mass is 10.2. The third-order valence-electron chi connectivity index (χ3n) is 4.21. The summed E-state index contributed by atoms with van der Waals surface area (Å²) in [4.78, 5) is 19.0. The number of aromatic nitrogens is 1. The quantitative estimate of drug-likeness (QED) is 0.834. The minimum absolute atomic E-state index is 0.0810. The first kappa shape index (κ1) is 18.0. The van der Waals surface area contributed by atoms with Gasteiger partial charge in [0.05, 0.1) is 5.56 Å². The van der Waals surface area contributed by atoms with E-state index in [-0.39, 0.29) is 11.8 Å². The summed E-state index contributed by atoms with van der Waals surface area (Å²) in [5.74, 6) is 0.668. The van der Waals surface area contributed by atoms with Gasteiger partial charge in [0.25, 0.3) is 0 Å². The number of alkyl halides is 3. The Morgan fingerprint density at radius 1 is 1.04 bits per heavy atom. The second-order valence-electron chi connectivity index (χ2n) is 5.97. The molecule has 0 saturated carbocycles. The molecule has 0 bridgehead atoms. The van der Waals surface area contributed by atoms with Crippen molar-refractivity contribution >= 4 is 11.6 Å². The fraction of sp³-hybridized carbons (Fsp3) is 0.333. The summed E-state index contributed by atoms with van der Waals surface area (Å²) in [7, 11) is 0. The standard InChI is InChI=1S/C18H18F3N3O2/c1-13(25)23-8-10-24(11-9-23)15-3-5-16(6-4-15)26-17-7-2-14(12-22-17)18(19,20)21/h2-7,12H,8-11H2,1H3. The summed E-state index contributed by atoms with van der Waals surface area (Å²) in [6, 6.07) is 9.37. The lowest BCUT2D eigenvalue weighted by Gasteiger charge is -2.35. The first-order chi connectivity index (χ1) is 12.3. The van der Waals surface area contributed by atoms with Crippen molar-refractivity contribution in [2.24, 2.45) is 0 Å². The molecule has 0 unspecified atom stereocenters. The smallest absolute Gasteiger partial charge is 0.417 e. The van der Waals surface area contributed by atoms with Crippen LogP contribution < -0.4 is 9.64 Å². The third-order valence-corrected chi connectivity index (χ3v) is 4.21. The second-order valence-corrected chi connectivity index (χ2v) is 5.97. The normalized spacial score (nSPS) is 15.1. The maximum atomic E-state index is 12.5. The molecule has 1 aromatic carbocycles. The summed E-state index contributed by atoms with van der Waals surface area (Å²) in [5.41, 5.74) is 0.186. The zero-order valence-electron chi connectivity index (χ0n) is 14.2. The van der Waals surface area contributed by atoms with Crippen LogP contribution in [0.25, 0.3) is 0 Å². The molecule has 5 nitrogen and oxygen atoms in total. The zero-order chi connectivity index (χ0) is 18.7.